The summed E-state index contributed by atoms with van der Waals surface area (Å²) >= 11 is 1.64. The largest absolute Gasteiger partial charge is 0.507 e. The van der Waals surface area contributed by atoms with Crippen molar-refractivity contribution in [3.63, 3.8) is 0 Å². The Balaban J connectivity index is 2.56. The summed E-state index contributed by atoms with van der Waals surface area (Å²) in [6.07, 6.45) is 4.38. The number of aromatic hydroxyl groups is 1. The molecule has 1 aromatic rings. The van der Waals surface area contributed by atoms with Gasteiger partial charge >= 0.3 is 0 Å². The van der Waals surface area contributed by atoms with E-state index >= 15 is 0 Å². The first kappa shape index (κ1) is 15.8. The average Bonchev–Trinajstić information content (AvgIpc) is 2.35. The van der Waals surface area contributed by atoms with Crippen LogP contribution in [-0.2, 0) is 6.42 Å². The van der Waals surface area contributed by atoms with Gasteiger partial charge in [0.15, 0.2) is 0 Å². The van der Waals surface area contributed by atoms with Gasteiger partial charge in [0.25, 0.3) is 0 Å². The van der Waals surface area contributed by atoms with Crippen LogP contribution in [0.5, 0.6) is 5.75 Å². The Morgan fingerprint density at radius 2 is 1.90 bits per heavy atom. The minimum Gasteiger partial charge on any atom is -0.507 e. The quantitative estimate of drug-likeness (QED) is 0.730. The topological polar surface area (TPSA) is 20.2 Å². The number of phenolic OH excluding ortho intramolecular Hbond substituents is 1. The maximum atomic E-state index is 10.1. The number of rotatable bonds is 2. The van der Waals surface area contributed by atoms with Crippen LogP contribution in [0.2, 0.25) is 0 Å². The number of hydrogen-bond donors (Lipinski definition) is 1. The molecule has 1 nitrogen and oxygen atoms in total. The van der Waals surface area contributed by atoms with E-state index in [0.29, 0.717) is 17.6 Å². The summed E-state index contributed by atoms with van der Waals surface area (Å²) in [7, 11) is 0. The van der Waals surface area contributed by atoms with E-state index in [1.165, 1.54) is 17.5 Å². The number of fused-ring (bicyclic) bond motifs is 1. The van der Waals surface area contributed by atoms with E-state index in [4.69, 9.17) is 0 Å². The van der Waals surface area contributed by atoms with Crippen LogP contribution in [0.4, 0.5) is 0 Å². The van der Waals surface area contributed by atoms with Gasteiger partial charge in [-0.3, -0.25) is 0 Å². The van der Waals surface area contributed by atoms with Gasteiger partial charge < -0.3 is 5.11 Å². The van der Waals surface area contributed by atoms with E-state index in [1.807, 2.05) is 12.3 Å². The van der Waals surface area contributed by atoms with E-state index in [1.54, 1.807) is 11.8 Å². The molecule has 0 amide bonds. The SMILES string of the molecule is CSc1cc2c(cc1O)CCC(C(C)C)C2C(C)(C)C. The molecule has 0 heterocycles. The zero-order chi connectivity index (χ0) is 15.1. The normalized spacial score (nSPS) is 22.9. The molecule has 2 heteroatoms. The second-order valence-electron chi connectivity index (χ2n) is 7.51. The smallest absolute Gasteiger partial charge is 0.129 e. The van der Waals surface area contributed by atoms with Crippen LogP contribution in [0.1, 0.15) is 58.1 Å². The Hall–Kier alpha value is -0.630. The van der Waals surface area contributed by atoms with E-state index in [0.717, 1.165) is 17.2 Å². The predicted molar refractivity (Wildman–Crippen MR) is 88.7 cm³/mol. The number of hydrogen-bond acceptors (Lipinski definition) is 2. The van der Waals surface area contributed by atoms with Crippen LogP contribution in [0.25, 0.3) is 0 Å². The van der Waals surface area contributed by atoms with Crippen LogP contribution in [-0.4, -0.2) is 11.4 Å². The average molecular weight is 292 g/mol. The number of aryl methyl sites for hydroxylation is 1. The van der Waals surface area contributed by atoms with E-state index in [2.05, 4.69) is 40.7 Å². The molecule has 1 aliphatic rings. The second kappa shape index (κ2) is 5.63. The van der Waals surface area contributed by atoms with Gasteiger partial charge in [-0.2, -0.15) is 0 Å². The second-order valence-corrected chi connectivity index (χ2v) is 8.36. The van der Waals surface area contributed by atoms with E-state index < -0.39 is 0 Å². The third kappa shape index (κ3) is 2.86. The van der Waals surface area contributed by atoms with Gasteiger partial charge in [0.1, 0.15) is 5.75 Å². The highest BCUT2D eigenvalue weighted by molar-refractivity contribution is 7.98. The summed E-state index contributed by atoms with van der Waals surface area (Å²) in [5.41, 5.74) is 3.10. The van der Waals surface area contributed by atoms with Gasteiger partial charge in [-0.1, -0.05) is 34.6 Å². The fourth-order valence-corrected chi connectivity index (χ4v) is 4.36. The molecule has 0 saturated heterocycles. The van der Waals surface area contributed by atoms with Crippen molar-refractivity contribution in [2.24, 2.45) is 17.3 Å². The molecule has 2 rings (SSSR count). The van der Waals surface area contributed by atoms with Crippen LogP contribution >= 0.6 is 11.8 Å². The Morgan fingerprint density at radius 1 is 1.25 bits per heavy atom. The first-order chi connectivity index (χ1) is 9.25. The van der Waals surface area contributed by atoms with Crippen molar-refractivity contribution in [3.8, 4) is 5.75 Å². The van der Waals surface area contributed by atoms with Crippen LogP contribution in [0, 0.1) is 17.3 Å². The standard InChI is InChI=1S/C18H28OS/c1-11(2)13-8-7-12-9-15(19)16(20-6)10-14(12)17(13)18(3,4)5/h9-11,13,17,19H,7-8H2,1-6H3. The summed E-state index contributed by atoms with van der Waals surface area (Å²) in [6.45, 7) is 11.8. The molecule has 0 spiro atoms. The highest BCUT2D eigenvalue weighted by Gasteiger charge is 2.39. The van der Waals surface area contributed by atoms with E-state index in [9.17, 15) is 5.11 Å². The van der Waals surface area contributed by atoms with Crippen molar-refractivity contribution in [1.29, 1.82) is 0 Å². The first-order valence-corrected chi connectivity index (χ1v) is 8.88. The summed E-state index contributed by atoms with van der Waals surface area (Å²) in [4.78, 5) is 1.02. The van der Waals surface area contributed by atoms with Gasteiger partial charge in [0.05, 0.1) is 0 Å². The van der Waals surface area contributed by atoms with Gasteiger partial charge in [-0.15, -0.1) is 11.8 Å². The molecule has 2 unspecified atom stereocenters. The van der Waals surface area contributed by atoms with Crippen molar-refractivity contribution < 1.29 is 5.11 Å². The Kier molecular flexibility index (Phi) is 4.44. The van der Waals surface area contributed by atoms with Crippen molar-refractivity contribution >= 4 is 11.8 Å². The predicted octanol–water partition coefficient (Wildman–Crippen LogP) is 5.46. The third-order valence-corrected chi connectivity index (χ3v) is 5.51. The van der Waals surface area contributed by atoms with Crippen molar-refractivity contribution in [2.75, 3.05) is 6.26 Å². The molecular formula is C18H28OS. The fourth-order valence-electron chi connectivity index (χ4n) is 3.84. The van der Waals surface area contributed by atoms with Crippen molar-refractivity contribution in [1.82, 2.24) is 0 Å². The molecule has 2 atom stereocenters. The zero-order valence-electron chi connectivity index (χ0n) is 13.7. The van der Waals surface area contributed by atoms with Gasteiger partial charge in [-0.25, -0.2) is 0 Å². The molecule has 1 N–H and O–H groups in total. The Morgan fingerprint density at radius 3 is 2.40 bits per heavy atom. The molecule has 1 aromatic carbocycles. The molecule has 0 aromatic heterocycles. The maximum absolute atomic E-state index is 10.1. The lowest BCUT2D eigenvalue weighted by atomic mass is 9.61. The monoisotopic (exact) mass is 292 g/mol. The lowest BCUT2D eigenvalue weighted by Crippen LogP contribution is -2.33. The molecule has 1 aliphatic carbocycles. The summed E-state index contributed by atoms with van der Waals surface area (Å²) in [6, 6.07) is 4.26. The molecule has 112 valence electrons. The maximum Gasteiger partial charge on any atom is 0.129 e. The zero-order valence-corrected chi connectivity index (χ0v) is 14.5. The molecule has 20 heavy (non-hydrogen) atoms. The van der Waals surface area contributed by atoms with E-state index in [-0.39, 0.29) is 5.41 Å². The van der Waals surface area contributed by atoms with Crippen molar-refractivity contribution in [3.05, 3.63) is 23.3 Å². The highest BCUT2D eigenvalue weighted by Crippen LogP contribution is 2.51. The lowest BCUT2D eigenvalue weighted by molar-refractivity contribution is 0.169. The Bertz CT molecular complexity index is 485. The highest BCUT2D eigenvalue weighted by atomic mass is 32.2. The number of thioether (sulfide) groups is 1. The van der Waals surface area contributed by atoms with Gasteiger partial charge in [-0.05, 0) is 65.5 Å². The van der Waals surface area contributed by atoms with Crippen LogP contribution in [0.3, 0.4) is 0 Å². The molecule has 0 saturated carbocycles. The molecule has 0 radical (unpaired) electrons. The van der Waals surface area contributed by atoms with Crippen LogP contribution in [0.15, 0.2) is 17.0 Å². The fraction of sp³-hybridized carbons (Fsp3) is 0.667. The molecule has 0 fully saturated rings. The minimum atomic E-state index is 0.261. The molecule has 0 aliphatic heterocycles. The summed E-state index contributed by atoms with van der Waals surface area (Å²) in [5.74, 6) is 2.48. The number of benzene rings is 1. The van der Waals surface area contributed by atoms with Gasteiger partial charge in [0.2, 0.25) is 0 Å². The van der Waals surface area contributed by atoms with Gasteiger partial charge in [0, 0.05) is 4.90 Å². The summed E-state index contributed by atoms with van der Waals surface area (Å²) in [5, 5.41) is 10.1. The third-order valence-electron chi connectivity index (χ3n) is 4.74. The molecular weight excluding hydrogens is 264 g/mol. The first-order valence-electron chi connectivity index (χ1n) is 7.65. The molecule has 0 bridgehead atoms. The Labute approximate surface area is 128 Å². The summed E-state index contributed by atoms with van der Waals surface area (Å²) < 4.78 is 0. The number of phenols is 1. The van der Waals surface area contributed by atoms with Crippen molar-refractivity contribution in [2.45, 2.75) is 58.3 Å². The lowest BCUT2D eigenvalue weighted by Gasteiger charge is -2.44. The minimum absolute atomic E-state index is 0.261. The van der Waals surface area contributed by atoms with Crippen LogP contribution < -0.4 is 0 Å².